The fourth-order valence-corrected chi connectivity index (χ4v) is 2.89. The van der Waals surface area contributed by atoms with E-state index in [4.69, 9.17) is 4.42 Å². The summed E-state index contributed by atoms with van der Waals surface area (Å²) in [5, 5.41) is 5.62. The SMILES string of the molecule is CN(CCNC(=O)c1ccc(NC(=O)c2ccc(Br)o2)cc1)c1ccccc1. The van der Waals surface area contributed by atoms with E-state index >= 15 is 0 Å². The summed E-state index contributed by atoms with van der Waals surface area (Å²) < 4.78 is 5.70. The topological polar surface area (TPSA) is 74.6 Å². The van der Waals surface area contributed by atoms with Gasteiger partial charge in [-0.25, -0.2) is 0 Å². The van der Waals surface area contributed by atoms with Crippen LogP contribution in [0.5, 0.6) is 0 Å². The first-order chi connectivity index (χ1) is 13.5. The summed E-state index contributed by atoms with van der Waals surface area (Å²) in [7, 11) is 1.98. The van der Waals surface area contributed by atoms with Crippen LogP contribution in [0.4, 0.5) is 11.4 Å². The van der Waals surface area contributed by atoms with Crippen molar-refractivity contribution in [3.63, 3.8) is 0 Å². The van der Waals surface area contributed by atoms with Crippen LogP contribution in [0.3, 0.4) is 0 Å². The predicted octanol–water partition coefficient (Wildman–Crippen LogP) is 4.16. The van der Waals surface area contributed by atoms with Crippen LogP contribution < -0.4 is 15.5 Å². The van der Waals surface area contributed by atoms with Crippen molar-refractivity contribution in [2.75, 3.05) is 30.4 Å². The highest BCUT2D eigenvalue weighted by molar-refractivity contribution is 9.10. The molecule has 0 radical (unpaired) electrons. The van der Waals surface area contributed by atoms with Gasteiger partial charge in [-0.1, -0.05) is 18.2 Å². The maximum atomic E-state index is 12.3. The molecule has 7 heteroatoms. The zero-order chi connectivity index (χ0) is 19.9. The summed E-state index contributed by atoms with van der Waals surface area (Å²) in [6.45, 7) is 1.22. The molecule has 0 aliphatic carbocycles. The molecular weight excluding hydrogens is 422 g/mol. The van der Waals surface area contributed by atoms with Crippen LogP contribution in [0.15, 0.2) is 75.8 Å². The van der Waals surface area contributed by atoms with Gasteiger partial charge in [0.2, 0.25) is 0 Å². The first kappa shape index (κ1) is 19.7. The number of carbonyl (C=O) groups excluding carboxylic acids is 2. The summed E-state index contributed by atoms with van der Waals surface area (Å²) >= 11 is 3.16. The minimum Gasteiger partial charge on any atom is -0.444 e. The second kappa shape index (κ2) is 9.23. The number of carbonyl (C=O) groups is 2. The average molecular weight is 442 g/mol. The standard InChI is InChI=1S/C21H20BrN3O3/c1-25(17-5-3-2-4-6-17)14-13-23-20(26)15-7-9-16(10-8-15)24-21(27)18-11-12-19(22)28-18/h2-12H,13-14H2,1H3,(H,23,26)(H,24,27). The molecule has 28 heavy (non-hydrogen) atoms. The highest BCUT2D eigenvalue weighted by atomic mass is 79.9. The van der Waals surface area contributed by atoms with E-state index in [2.05, 4.69) is 31.5 Å². The van der Waals surface area contributed by atoms with Crippen molar-refractivity contribution in [1.29, 1.82) is 0 Å². The summed E-state index contributed by atoms with van der Waals surface area (Å²) in [6, 6.07) is 19.9. The molecule has 0 saturated carbocycles. The molecule has 0 atom stereocenters. The van der Waals surface area contributed by atoms with Gasteiger partial charge in [0.15, 0.2) is 10.4 Å². The van der Waals surface area contributed by atoms with Crippen LogP contribution in [-0.4, -0.2) is 32.0 Å². The van der Waals surface area contributed by atoms with Gasteiger partial charge >= 0.3 is 0 Å². The summed E-state index contributed by atoms with van der Waals surface area (Å²) in [6.07, 6.45) is 0. The minimum atomic E-state index is -0.355. The van der Waals surface area contributed by atoms with E-state index in [1.165, 1.54) is 0 Å². The molecule has 0 aliphatic rings. The van der Waals surface area contributed by atoms with Crippen LogP contribution >= 0.6 is 15.9 Å². The third kappa shape index (κ3) is 5.23. The first-order valence-electron chi connectivity index (χ1n) is 8.74. The predicted molar refractivity (Wildman–Crippen MR) is 113 cm³/mol. The van der Waals surface area contributed by atoms with E-state index in [9.17, 15) is 9.59 Å². The van der Waals surface area contributed by atoms with Crippen LogP contribution in [0, 0.1) is 0 Å². The van der Waals surface area contributed by atoms with Gasteiger partial charge in [0.25, 0.3) is 11.8 Å². The smallest absolute Gasteiger partial charge is 0.291 e. The van der Waals surface area contributed by atoms with Gasteiger partial charge in [-0.15, -0.1) is 0 Å². The fourth-order valence-electron chi connectivity index (χ4n) is 2.58. The van der Waals surface area contributed by atoms with Crippen LogP contribution in [0.1, 0.15) is 20.9 Å². The van der Waals surface area contributed by atoms with E-state index in [0.29, 0.717) is 29.0 Å². The van der Waals surface area contributed by atoms with Crippen molar-refractivity contribution in [2.45, 2.75) is 0 Å². The largest absolute Gasteiger partial charge is 0.444 e. The highest BCUT2D eigenvalue weighted by Crippen LogP contribution is 2.16. The summed E-state index contributed by atoms with van der Waals surface area (Å²) in [5.41, 5.74) is 2.21. The van der Waals surface area contributed by atoms with Crippen molar-refractivity contribution in [3.8, 4) is 0 Å². The molecule has 3 aromatic rings. The van der Waals surface area contributed by atoms with E-state index in [1.54, 1.807) is 36.4 Å². The Morgan fingerprint density at radius 2 is 1.68 bits per heavy atom. The Balaban J connectivity index is 1.49. The number of benzene rings is 2. The highest BCUT2D eigenvalue weighted by Gasteiger charge is 2.11. The van der Waals surface area contributed by atoms with Crippen LogP contribution in [-0.2, 0) is 0 Å². The number of hydrogen-bond acceptors (Lipinski definition) is 4. The van der Waals surface area contributed by atoms with E-state index < -0.39 is 0 Å². The monoisotopic (exact) mass is 441 g/mol. The number of furan rings is 1. The second-order valence-corrected chi connectivity index (χ2v) is 6.93. The zero-order valence-corrected chi connectivity index (χ0v) is 16.9. The van der Waals surface area contributed by atoms with E-state index in [0.717, 1.165) is 5.69 Å². The van der Waals surface area contributed by atoms with Gasteiger partial charge in [0.05, 0.1) is 0 Å². The number of likely N-dealkylation sites (N-methyl/N-ethyl adjacent to an activating group) is 1. The number of rotatable bonds is 7. The van der Waals surface area contributed by atoms with E-state index in [-0.39, 0.29) is 17.6 Å². The molecular formula is C21H20BrN3O3. The van der Waals surface area contributed by atoms with Crippen molar-refractivity contribution < 1.29 is 14.0 Å². The lowest BCUT2D eigenvalue weighted by atomic mass is 10.2. The lowest BCUT2D eigenvalue weighted by molar-refractivity contribution is 0.0953. The molecule has 0 saturated heterocycles. The molecule has 6 nitrogen and oxygen atoms in total. The Kier molecular flexibility index (Phi) is 6.49. The number of nitrogens with one attached hydrogen (secondary N) is 2. The molecule has 1 aromatic heterocycles. The maximum Gasteiger partial charge on any atom is 0.291 e. The number of para-hydroxylation sites is 1. The van der Waals surface area contributed by atoms with Crippen molar-refractivity contribution in [2.24, 2.45) is 0 Å². The molecule has 1 heterocycles. The summed E-state index contributed by atoms with van der Waals surface area (Å²) in [4.78, 5) is 26.4. The quantitative estimate of drug-likeness (QED) is 0.577. The van der Waals surface area contributed by atoms with Gasteiger partial charge in [0.1, 0.15) is 0 Å². The van der Waals surface area contributed by atoms with E-state index in [1.807, 2.05) is 37.4 Å². The third-order valence-electron chi connectivity index (χ3n) is 4.13. The van der Waals surface area contributed by atoms with Gasteiger partial charge < -0.3 is 20.0 Å². The molecule has 3 rings (SSSR count). The third-order valence-corrected chi connectivity index (χ3v) is 4.56. The average Bonchev–Trinajstić information content (AvgIpc) is 3.15. The molecule has 144 valence electrons. The number of anilines is 2. The van der Waals surface area contributed by atoms with Gasteiger partial charge in [-0.05, 0) is 64.5 Å². The van der Waals surface area contributed by atoms with Gasteiger partial charge in [0, 0.05) is 37.1 Å². The lowest BCUT2D eigenvalue weighted by Crippen LogP contribution is -2.32. The van der Waals surface area contributed by atoms with Gasteiger partial charge in [-0.2, -0.15) is 0 Å². The molecule has 2 N–H and O–H groups in total. The lowest BCUT2D eigenvalue weighted by Gasteiger charge is -2.19. The Morgan fingerprint density at radius 1 is 0.964 bits per heavy atom. The van der Waals surface area contributed by atoms with Crippen LogP contribution in [0.25, 0.3) is 0 Å². The molecule has 2 amide bonds. The molecule has 0 bridgehead atoms. The molecule has 0 unspecified atom stereocenters. The van der Waals surface area contributed by atoms with Crippen molar-refractivity contribution in [1.82, 2.24) is 5.32 Å². The Bertz CT molecular complexity index is 939. The van der Waals surface area contributed by atoms with Gasteiger partial charge in [-0.3, -0.25) is 9.59 Å². The normalized spacial score (nSPS) is 10.4. The fraction of sp³-hybridized carbons (Fsp3) is 0.143. The Hall–Kier alpha value is -3.06. The Labute approximate surface area is 171 Å². The molecule has 2 aromatic carbocycles. The summed E-state index contributed by atoms with van der Waals surface area (Å²) in [5.74, 6) is -0.308. The van der Waals surface area contributed by atoms with Crippen LogP contribution in [0.2, 0.25) is 0 Å². The molecule has 0 aliphatic heterocycles. The van der Waals surface area contributed by atoms with Crippen molar-refractivity contribution >= 4 is 39.1 Å². The van der Waals surface area contributed by atoms with Crippen molar-refractivity contribution in [3.05, 3.63) is 82.7 Å². The molecule has 0 fully saturated rings. The zero-order valence-electron chi connectivity index (χ0n) is 15.3. The number of nitrogens with zero attached hydrogens (tertiary/aromatic N) is 1. The number of hydrogen-bond donors (Lipinski definition) is 2. The maximum absolute atomic E-state index is 12.3. The minimum absolute atomic E-state index is 0.158. The second-order valence-electron chi connectivity index (χ2n) is 6.15. The number of amides is 2. The number of halogens is 1. The first-order valence-corrected chi connectivity index (χ1v) is 9.53. The Morgan fingerprint density at radius 3 is 2.32 bits per heavy atom. The molecule has 0 spiro atoms.